The molecule has 2 bridgehead atoms. The Balaban J connectivity index is 1.44. The molecule has 0 radical (unpaired) electrons. The maximum Gasteiger partial charge on any atom is 0.316 e. The van der Waals surface area contributed by atoms with Crippen molar-refractivity contribution in [2.75, 3.05) is 12.8 Å². The van der Waals surface area contributed by atoms with Gasteiger partial charge in [0, 0.05) is 30.2 Å². The molecule has 2 saturated carbocycles. The molecule has 2 aliphatic carbocycles. The summed E-state index contributed by atoms with van der Waals surface area (Å²) < 4.78 is 6.33. The largest absolute Gasteiger partial charge is 0.461 e. The van der Waals surface area contributed by atoms with Crippen molar-refractivity contribution in [2.45, 2.75) is 122 Å². The molecular formula is C31H51NO3S. The number of nitrogens with zero attached hydrogens (tertiary/aromatic N) is 1. The zero-order chi connectivity index (χ0) is 26.3. The SMILES string of the molecule is C=C[C@]1(C)C[C@@H](OC(=O)CS[C@@H]2C[C@H]3CC[C@@H](C2)N3C)[C@@H](C)[C@H](C)CC[C@]2(CCC(=O)C2)[C@@H](C)[C@@H]1C. The lowest BCUT2D eigenvalue weighted by Gasteiger charge is -2.48. The van der Waals surface area contributed by atoms with Crippen LogP contribution in [0.2, 0.25) is 0 Å². The molecule has 4 aliphatic rings. The Bertz CT molecular complexity index is 817. The number of ether oxygens (including phenoxy) is 1. The van der Waals surface area contributed by atoms with Gasteiger partial charge in [0.15, 0.2) is 0 Å². The second-order valence-corrected chi connectivity index (χ2v) is 14.7. The smallest absolute Gasteiger partial charge is 0.316 e. The highest BCUT2D eigenvalue weighted by molar-refractivity contribution is 8.00. The summed E-state index contributed by atoms with van der Waals surface area (Å²) in [5.74, 6) is 2.39. The van der Waals surface area contributed by atoms with Crippen molar-refractivity contribution < 1.29 is 14.3 Å². The van der Waals surface area contributed by atoms with Crippen molar-refractivity contribution in [1.82, 2.24) is 4.90 Å². The van der Waals surface area contributed by atoms with E-state index in [-0.39, 0.29) is 28.8 Å². The predicted octanol–water partition coefficient (Wildman–Crippen LogP) is 6.92. The maximum absolute atomic E-state index is 13.2. The van der Waals surface area contributed by atoms with E-state index in [1.54, 1.807) is 0 Å². The normalized spacial score (nSPS) is 46.1. The molecule has 204 valence electrons. The maximum atomic E-state index is 13.2. The number of thioether (sulfide) groups is 1. The van der Waals surface area contributed by atoms with Gasteiger partial charge in [0.1, 0.15) is 11.9 Å². The molecule has 2 aliphatic heterocycles. The van der Waals surface area contributed by atoms with Gasteiger partial charge < -0.3 is 9.64 Å². The number of Topliss-reactive ketones (excluding diaryl/α,β-unsaturated/α-hetero) is 1. The number of allylic oxidation sites excluding steroid dienone is 1. The highest BCUT2D eigenvalue weighted by atomic mass is 32.2. The standard InChI is InChI=1S/C31H51NO3S/c1-8-30(6)18-28(35-29(34)19-36-27-15-24-9-10-25(16-27)32(24)7)21(3)20(2)11-13-31(23(5)22(30)4)14-12-26(33)17-31/h8,20-25,27-28H,1,9-19H2,2-7H3/t20-,21+,22+,23+,24-,25+,27-,28-,30-,31-/m1/s1. The Morgan fingerprint density at radius 2 is 1.78 bits per heavy atom. The highest BCUT2D eigenvalue weighted by Crippen LogP contribution is 2.55. The number of fused-ring (bicyclic) bond motifs is 2. The lowest BCUT2D eigenvalue weighted by atomic mass is 9.57. The van der Waals surface area contributed by atoms with Crippen LogP contribution in [0, 0.1) is 34.5 Å². The quantitative estimate of drug-likeness (QED) is 0.293. The molecule has 4 rings (SSSR count). The van der Waals surface area contributed by atoms with Crippen molar-refractivity contribution in [2.24, 2.45) is 34.5 Å². The first-order valence-electron chi connectivity index (χ1n) is 14.7. The van der Waals surface area contributed by atoms with Gasteiger partial charge in [-0.05, 0) is 92.9 Å². The van der Waals surface area contributed by atoms with E-state index in [0.29, 0.717) is 46.6 Å². The van der Waals surface area contributed by atoms with Crippen LogP contribution in [0.3, 0.4) is 0 Å². The molecule has 10 atom stereocenters. The Hall–Kier alpha value is -0.810. The second kappa shape index (κ2) is 11.1. The molecule has 0 aromatic carbocycles. The zero-order valence-corrected chi connectivity index (χ0v) is 24.6. The minimum atomic E-state index is -0.144. The fraction of sp³-hybridized carbons (Fsp3) is 0.871. The second-order valence-electron chi connectivity index (χ2n) is 13.4. The lowest BCUT2D eigenvalue weighted by Crippen LogP contribution is -2.44. The molecule has 0 aromatic heterocycles. The molecule has 0 unspecified atom stereocenters. The van der Waals surface area contributed by atoms with Crippen LogP contribution in [0.5, 0.6) is 0 Å². The van der Waals surface area contributed by atoms with Crippen LogP contribution >= 0.6 is 11.8 Å². The van der Waals surface area contributed by atoms with Gasteiger partial charge in [-0.25, -0.2) is 0 Å². The Morgan fingerprint density at radius 3 is 2.36 bits per heavy atom. The van der Waals surface area contributed by atoms with Crippen LogP contribution in [-0.2, 0) is 14.3 Å². The third-order valence-corrected chi connectivity index (χ3v) is 12.9. The molecule has 0 N–H and O–H groups in total. The van der Waals surface area contributed by atoms with Crippen LogP contribution < -0.4 is 0 Å². The van der Waals surface area contributed by atoms with Gasteiger partial charge >= 0.3 is 5.97 Å². The van der Waals surface area contributed by atoms with Crippen molar-refractivity contribution in [3.05, 3.63) is 12.7 Å². The van der Waals surface area contributed by atoms with E-state index in [1.165, 1.54) is 25.7 Å². The number of ketones is 1. The van der Waals surface area contributed by atoms with Gasteiger partial charge in [0.25, 0.3) is 0 Å². The van der Waals surface area contributed by atoms with E-state index < -0.39 is 0 Å². The van der Waals surface area contributed by atoms with Crippen LogP contribution in [0.25, 0.3) is 0 Å². The average Bonchev–Trinajstić information content (AvgIpc) is 3.32. The summed E-state index contributed by atoms with van der Waals surface area (Å²) in [7, 11) is 2.27. The first-order chi connectivity index (χ1) is 17.0. The minimum absolute atomic E-state index is 0.0441. The molecular weight excluding hydrogens is 466 g/mol. The fourth-order valence-corrected chi connectivity index (χ4v) is 9.30. The summed E-state index contributed by atoms with van der Waals surface area (Å²) in [4.78, 5) is 28.1. The number of carbonyl (C=O) groups is 2. The summed E-state index contributed by atoms with van der Waals surface area (Å²) >= 11 is 1.83. The van der Waals surface area contributed by atoms with Gasteiger partial charge in [-0.1, -0.05) is 40.7 Å². The molecule has 4 nitrogen and oxygen atoms in total. The number of hydrogen-bond acceptors (Lipinski definition) is 5. The van der Waals surface area contributed by atoms with Crippen LogP contribution in [0.4, 0.5) is 0 Å². The average molecular weight is 518 g/mol. The number of piperidine rings is 1. The first-order valence-corrected chi connectivity index (χ1v) is 15.7. The third-order valence-electron chi connectivity index (χ3n) is 11.7. The molecule has 1 spiro atoms. The van der Waals surface area contributed by atoms with E-state index in [0.717, 1.165) is 38.5 Å². The van der Waals surface area contributed by atoms with Crippen molar-refractivity contribution in [3.8, 4) is 0 Å². The number of carbonyl (C=O) groups excluding carboxylic acids is 2. The third kappa shape index (κ3) is 5.63. The van der Waals surface area contributed by atoms with Crippen molar-refractivity contribution >= 4 is 23.5 Å². The van der Waals surface area contributed by atoms with E-state index >= 15 is 0 Å². The molecule has 36 heavy (non-hydrogen) atoms. The summed E-state index contributed by atoms with van der Waals surface area (Å²) in [5.41, 5.74) is -0.0308. The highest BCUT2D eigenvalue weighted by Gasteiger charge is 2.49. The molecule has 2 heterocycles. The van der Waals surface area contributed by atoms with E-state index in [9.17, 15) is 9.59 Å². The zero-order valence-electron chi connectivity index (χ0n) is 23.8. The number of rotatable bonds is 5. The summed E-state index contributed by atoms with van der Waals surface area (Å²) in [6.07, 6.45) is 12.6. The molecule has 5 heteroatoms. The van der Waals surface area contributed by atoms with E-state index in [4.69, 9.17) is 4.74 Å². The fourth-order valence-electron chi connectivity index (χ4n) is 8.14. The molecule has 0 aromatic rings. The van der Waals surface area contributed by atoms with Crippen LogP contribution in [0.15, 0.2) is 12.7 Å². The minimum Gasteiger partial charge on any atom is -0.461 e. The summed E-state index contributed by atoms with van der Waals surface area (Å²) in [5, 5.41) is 0.580. The first kappa shape index (κ1) is 28.2. The van der Waals surface area contributed by atoms with E-state index in [2.05, 4.69) is 59.2 Å². The van der Waals surface area contributed by atoms with Gasteiger partial charge in [0.05, 0.1) is 5.75 Å². The Morgan fingerprint density at radius 1 is 1.11 bits per heavy atom. The number of hydrogen-bond donors (Lipinski definition) is 0. The van der Waals surface area contributed by atoms with Gasteiger partial charge in [-0.15, -0.1) is 18.3 Å². The van der Waals surface area contributed by atoms with E-state index in [1.807, 2.05) is 11.8 Å². The van der Waals surface area contributed by atoms with Gasteiger partial charge in [0.2, 0.25) is 0 Å². The molecule has 2 saturated heterocycles. The van der Waals surface area contributed by atoms with Gasteiger partial charge in [-0.3, -0.25) is 9.59 Å². The van der Waals surface area contributed by atoms with Crippen LogP contribution in [0.1, 0.15) is 98.8 Å². The Kier molecular flexibility index (Phi) is 8.71. The van der Waals surface area contributed by atoms with Gasteiger partial charge in [-0.2, -0.15) is 0 Å². The van der Waals surface area contributed by atoms with Crippen molar-refractivity contribution in [1.29, 1.82) is 0 Å². The summed E-state index contributed by atoms with van der Waals surface area (Å²) in [6, 6.07) is 1.40. The van der Waals surface area contributed by atoms with Crippen LogP contribution in [-0.4, -0.2) is 52.9 Å². The van der Waals surface area contributed by atoms with Crippen molar-refractivity contribution in [3.63, 3.8) is 0 Å². The lowest BCUT2D eigenvalue weighted by molar-refractivity contribution is -0.152. The number of esters is 1. The summed E-state index contributed by atoms with van der Waals surface area (Å²) in [6.45, 7) is 15.9. The monoisotopic (exact) mass is 517 g/mol. The topological polar surface area (TPSA) is 46.6 Å². The predicted molar refractivity (Wildman–Crippen MR) is 150 cm³/mol. The Labute approximate surface area is 224 Å². The molecule has 4 fully saturated rings. The molecule has 0 amide bonds.